The van der Waals surface area contributed by atoms with Crippen LogP contribution >= 0.6 is 0 Å². The third kappa shape index (κ3) is 3.42. The lowest BCUT2D eigenvalue weighted by molar-refractivity contribution is 0.213. The molecule has 5 nitrogen and oxygen atoms in total. The Hall–Kier alpha value is -1.72. The molecular formula is C21H30N4O. The molecule has 140 valence electrons. The Balaban J connectivity index is 1.59. The van der Waals surface area contributed by atoms with Crippen molar-refractivity contribution >= 4 is 0 Å². The molecule has 2 fully saturated rings. The van der Waals surface area contributed by atoms with Gasteiger partial charge in [-0.3, -0.25) is 0 Å². The van der Waals surface area contributed by atoms with Crippen LogP contribution in [-0.2, 0) is 12.0 Å². The number of aliphatic hydroxyl groups is 1. The quantitative estimate of drug-likeness (QED) is 0.831. The molecule has 1 saturated heterocycles. The molecule has 4 rings (SSSR count). The number of likely N-dealkylation sites (tertiary alicyclic amines) is 1. The van der Waals surface area contributed by atoms with Gasteiger partial charge in [-0.05, 0) is 44.3 Å². The molecule has 0 bridgehead atoms. The maximum absolute atomic E-state index is 9.49. The first-order valence-electron chi connectivity index (χ1n) is 10.1. The minimum Gasteiger partial charge on any atom is -0.394 e. The Morgan fingerprint density at radius 3 is 2.50 bits per heavy atom. The second kappa shape index (κ2) is 7.49. The van der Waals surface area contributed by atoms with Gasteiger partial charge in [0.05, 0.1) is 18.6 Å². The second-order valence-corrected chi connectivity index (χ2v) is 7.95. The summed E-state index contributed by atoms with van der Waals surface area (Å²) in [5, 5.41) is 14.3. The number of hydrogen-bond acceptors (Lipinski definition) is 4. The van der Waals surface area contributed by atoms with Gasteiger partial charge in [0.25, 0.3) is 0 Å². The van der Waals surface area contributed by atoms with E-state index in [4.69, 9.17) is 10.1 Å². The van der Waals surface area contributed by atoms with E-state index in [1.165, 1.54) is 37.9 Å². The molecule has 2 aliphatic rings. The molecule has 1 aliphatic heterocycles. The van der Waals surface area contributed by atoms with E-state index in [2.05, 4.69) is 42.2 Å². The van der Waals surface area contributed by atoms with E-state index in [9.17, 15) is 5.11 Å². The molecule has 1 aromatic heterocycles. The van der Waals surface area contributed by atoms with Crippen LogP contribution in [0.3, 0.4) is 0 Å². The van der Waals surface area contributed by atoms with Gasteiger partial charge < -0.3 is 10.0 Å². The Labute approximate surface area is 156 Å². The normalized spacial score (nSPS) is 20.8. The molecule has 0 unspecified atom stereocenters. The van der Waals surface area contributed by atoms with Crippen LogP contribution in [0.25, 0.3) is 0 Å². The molecule has 0 spiro atoms. The number of nitrogens with zero attached hydrogens (tertiary/aromatic N) is 4. The van der Waals surface area contributed by atoms with Crippen molar-refractivity contribution in [2.75, 3.05) is 26.2 Å². The predicted octanol–water partition coefficient (Wildman–Crippen LogP) is 2.94. The summed E-state index contributed by atoms with van der Waals surface area (Å²) in [7, 11) is 0. The summed E-state index contributed by atoms with van der Waals surface area (Å²) < 4.78 is 1.95. The number of aliphatic hydroxyl groups excluding tert-OH is 1. The molecule has 1 atom stereocenters. The Morgan fingerprint density at radius 1 is 1.12 bits per heavy atom. The fourth-order valence-corrected chi connectivity index (χ4v) is 4.32. The zero-order chi connectivity index (χ0) is 18.0. The number of rotatable bonds is 7. The van der Waals surface area contributed by atoms with Crippen molar-refractivity contribution in [2.24, 2.45) is 0 Å². The molecule has 1 N–H and O–H groups in total. The van der Waals surface area contributed by atoms with E-state index in [-0.39, 0.29) is 12.0 Å². The van der Waals surface area contributed by atoms with Gasteiger partial charge >= 0.3 is 0 Å². The van der Waals surface area contributed by atoms with Gasteiger partial charge in [-0.15, -0.1) is 0 Å². The third-order valence-corrected chi connectivity index (χ3v) is 5.94. The highest BCUT2D eigenvalue weighted by Gasteiger charge is 2.49. The van der Waals surface area contributed by atoms with Crippen LogP contribution in [0.5, 0.6) is 0 Å². The summed E-state index contributed by atoms with van der Waals surface area (Å²) in [5.74, 6) is 2.30. The maximum atomic E-state index is 9.49. The van der Waals surface area contributed by atoms with Crippen LogP contribution in [0.1, 0.15) is 62.2 Å². The van der Waals surface area contributed by atoms with E-state index >= 15 is 0 Å². The van der Waals surface area contributed by atoms with Gasteiger partial charge in [-0.25, -0.2) is 9.67 Å². The average Bonchev–Trinajstić information content (AvgIpc) is 3.38. The van der Waals surface area contributed by atoms with Crippen LogP contribution in [0.2, 0.25) is 0 Å². The van der Waals surface area contributed by atoms with Crippen LogP contribution in [0.15, 0.2) is 30.3 Å². The van der Waals surface area contributed by atoms with Gasteiger partial charge in [0, 0.05) is 12.5 Å². The van der Waals surface area contributed by atoms with E-state index in [0.29, 0.717) is 12.5 Å². The molecule has 2 aromatic rings. The van der Waals surface area contributed by atoms with Crippen LogP contribution in [0, 0.1) is 0 Å². The first-order chi connectivity index (χ1) is 12.7. The minimum atomic E-state index is -0.0123. The van der Waals surface area contributed by atoms with Gasteiger partial charge in [0.1, 0.15) is 5.82 Å². The highest BCUT2D eigenvalue weighted by molar-refractivity contribution is 5.39. The predicted molar refractivity (Wildman–Crippen MR) is 102 cm³/mol. The zero-order valence-electron chi connectivity index (χ0n) is 15.8. The van der Waals surface area contributed by atoms with Crippen molar-refractivity contribution in [1.82, 2.24) is 19.7 Å². The summed E-state index contributed by atoms with van der Waals surface area (Å²) in [4.78, 5) is 7.57. The lowest BCUT2D eigenvalue weighted by atomic mass is 9.95. The highest BCUT2D eigenvalue weighted by atomic mass is 16.3. The van der Waals surface area contributed by atoms with E-state index in [0.717, 1.165) is 31.0 Å². The Kier molecular flexibility index (Phi) is 5.09. The smallest absolute Gasteiger partial charge is 0.161 e. The average molecular weight is 354 g/mol. The standard InChI is InChI=1S/C21H30N4O/c1-17(16-24-12-6-3-7-13-24)19-22-20(23-25(19)14-15-26)21(10-11-21)18-8-4-2-5-9-18/h2,4-5,8-9,17,26H,3,6-7,10-16H2,1H3/t17-/m0/s1. The Bertz CT molecular complexity index is 717. The largest absolute Gasteiger partial charge is 0.394 e. The molecule has 0 amide bonds. The highest BCUT2D eigenvalue weighted by Crippen LogP contribution is 2.52. The molecule has 2 heterocycles. The third-order valence-electron chi connectivity index (χ3n) is 5.94. The topological polar surface area (TPSA) is 54.2 Å². The molecule has 5 heteroatoms. The van der Waals surface area contributed by atoms with Crippen molar-refractivity contribution in [3.05, 3.63) is 47.5 Å². The number of aromatic nitrogens is 3. The summed E-state index contributed by atoms with van der Waals surface area (Å²) in [6.45, 7) is 6.29. The SMILES string of the molecule is C[C@@H](CN1CCCCC1)c1nc(C2(c3ccccc3)CC2)nn1CCO. The first-order valence-corrected chi connectivity index (χ1v) is 10.1. The van der Waals surface area contributed by atoms with Crippen LogP contribution in [-0.4, -0.2) is 51.0 Å². The van der Waals surface area contributed by atoms with Crippen molar-refractivity contribution in [2.45, 2.75) is 56.9 Å². The first kappa shape index (κ1) is 17.7. The molecule has 0 radical (unpaired) electrons. The molecule has 1 aromatic carbocycles. The van der Waals surface area contributed by atoms with Gasteiger partial charge in [-0.1, -0.05) is 43.7 Å². The molecule has 26 heavy (non-hydrogen) atoms. The van der Waals surface area contributed by atoms with E-state index < -0.39 is 0 Å². The van der Waals surface area contributed by atoms with Crippen molar-refractivity contribution in [1.29, 1.82) is 0 Å². The molecular weight excluding hydrogens is 324 g/mol. The fraction of sp³-hybridized carbons (Fsp3) is 0.619. The monoisotopic (exact) mass is 354 g/mol. The lowest BCUT2D eigenvalue weighted by Crippen LogP contribution is -2.33. The fourth-order valence-electron chi connectivity index (χ4n) is 4.32. The second-order valence-electron chi connectivity index (χ2n) is 7.95. The maximum Gasteiger partial charge on any atom is 0.161 e. The minimum absolute atomic E-state index is 0.0123. The summed E-state index contributed by atoms with van der Waals surface area (Å²) >= 11 is 0. The van der Waals surface area contributed by atoms with Crippen LogP contribution in [0.4, 0.5) is 0 Å². The Morgan fingerprint density at radius 2 is 1.85 bits per heavy atom. The van der Waals surface area contributed by atoms with Crippen molar-refractivity contribution < 1.29 is 5.11 Å². The summed E-state index contributed by atoms with van der Waals surface area (Å²) in [5.41, 5.74) is 1.30. The number of piperidine rings is 1. The summed E-state index contributed by atoms with van der Waals surface area (Å²) in [6.07, 6.45) is 6.19. The zero-order valence-corrected chi connectivity index (χ0v) is 15.8. The number of hydrogen-bond donors (Lipinski definition) is 1. The van der Waals surface area contributed by atoms with Gasteiger partial charge in [0.15, 0.2) is 5.82 Å². The lowest BCUT2D eigenvalue weighted by Gasteiger charge is -2.28. The van der Waals surface area contributed by atoms with Gasteiger partial charge in [-0.2, -0.15) is 5.10 Å². The van der Waals surface area contributed by atoms with E-state index in [1.54, 1.807) is 0 Å². The molecule has 1 aliphatic carbocycles. The van der Waals surface area contributed by atoms with Gasteiger partial charge in [0.2, 0.25) is 0 Å². The van der Waals surface area contributed by atoms with Crippen molar-refractivity contribution in [3.8, 4) is 0 Å². The van der Waals surface area contributed by atoms with E-state index in [1.807, 2.05) is 4.68 Å². The van der Waals surface area contributed by atoms with Crippen molar-refractivity contribution in [3.63, 3.8) is 0 Å². The summed E-state index contributed by atoms with van der Waals surface area (Å²) in [6, 6.07) is 10.6. The van der Waals surface area contributed by atoms with Crippen LogP contribution < -0.4 is 0 Å². The molecule has 1 saturated carbocycles. The number of benzene rings is 1.